The lowest BCUT2D eigenvalue weighted by atomic mass is 9.72. The Morgan fingerprint density at radius 3 is 2.59 bits per heavy atom. The van der Waals surface area contributed by atoms with E-state index < -0.39 is 31.4 Å². The number of H-pyrrole nitrogens is 1. The van der Waals surface area contributed by atoms with E-state index in [-0.39, 0.29) is 29.3 Å². The summed E-state index contributed by atoms with van der Waals surface area (Å²) >= 11 is 6.26. The van der Waals surface area contributed by atoms with Crippen molar-refractivity contribution >= 4 is 66.5 Å². The molecule has 0 radical (unpaired) electrons. The minimum absolute atomic E-state index is 0.0541. The highest BCUT2D eigenvalue weighted by molar-refractivity contribution is 7.90. The van der Waals surface area contributed by atoms with Gasteiger partial charge in [0.25, 0.3) is 21.6 Å². The van der Waals surface area contributed by atoms with Crippen molar-refractivity contribution in [2.45, 2.75) is 50.8 Å². The van der Waals surface area contributed by atoms with Gasteiger partial charge in [-0.15, -0.1) is 0 Å². The molecule has 3 aromatic carbocycles. The summed E-state index contributed by atoms with van der Waals surface area (Å²) in [5.41, 5.74) is 8.17. The van der Waals surface area contributed by atoms with E-state index >= 15 is 0 Å². The number of carbonyl (C=O) groups excluding carboxylic acids is 1. The first-order valence-electron chi connectivity index (χ1n) is 22.1. The van der Waals surface area contributed by atoms with E-state index in [4.69, 9.17) is 21.3 Å². The Morgan fingerprint density at radius 2 is 1.82 bits per heavy atom. The number of pyridine rings is 2. The van der Waals surface area contributed by atoms with E-state index in [1.165, 1.54) is 22.8 Å². The molecule has 10 rings (SSSR count). The van der Waals surface area contributed by atoms with E-state index in [9.17, 15) is 23.3 Å². The third-order valence-corrected chi connectivity index (χ3v) is 14.7. The summed E-state index contributed by atoms with van der Waals surface area (Å²) in [7, 11) is -4.65. The van der Waals surface area contributed by atoms with Crippen molar-refractivity contribution in [3.05, 3.63) is 147 Å². The summed E-state index contributed by atoms with van der Waals surface area (Å²) in [6, 6.07) is 25.1. The number of allylic oxidation sites excluding steroid dienone is 1. The van der Waals surface area contributed by atoms with Crippen molar-refractivity contribution in [1.29, 1.82) is 0 Å². The van der Waals surface area contributed by atoms with Crippen LogP contribution in [-0.4, -0.2) is 88.2 Å². The molecule has 1 fully saturated rings. The second-order valence-electron chi connectivity index (χ2n) is 18.3. The number of anilines is 1. The molecule has 338 valence electrons. The van der Waals surface area contributed by atoms with Crippen molar-refractivity contribution in [1.82, 2.24) is 34.4 Å². The second-order valence-corrected chi connectivity index (χ2v) is 20.4. The molecule has 0 unspecified atom stereocenters. The third-order valence-electron chi connectivity index (χ3n) is 13.1. The van der Waals surface area contributed by atoms with Gasteiger partial charge in [-0.1, -0.05) is 49.2 Å². The smallest absolute Gasteiger partial charge is 0.277 e. The molecule has 1 amide bonds. The lowest BCUT2D eigenvalue weighted by Crippen LogP contribution is -2.47. The Balaban J connectivity index is 0.925. The number of aromatic amines is 1. The quantitative estimate of drug-likeness (QED) is 0.0937. The number of sulfonamides is 1. The van der Waals surface area contributed by atoms with Crippen molar-refractivity contribution in [3.63, 3.8) is 0 Å². The number of amides is 1. The average Bonchev–Trinajstić information content (AvgIpc) is 3.95. The number of benzene rings is 3. The van der Waals surface area contributed by atoms with E-state index in [1.807, 2.05) is 54.6 Å². The van der Waals surface area contributed by atoms with Crippen LogP contribution in [0.2, 0.25) is 5.02 Å². The SMILES string of the molecule is CC1(C)CCC(CN2CCN(c3ccc(C(=O)NS(=O)(=O)c4cc5c(c([N+](=O)[O-])c4)C[C@@H](Cc4ccccn4)CO5)c(-n4[nH]cc5nc6nccc6cc54)c3)CC2)=C(c2ccc(Cl)cc2)C1. The van der Waals surface area contributed by atoms with Gasteiger partial charge in [-0.3, -0.25) is 34.6 Å². The summed E-state index contributed by atoms with van der Waals surface area (Å²) in [4.78, 5) is 43.8. The van der Waals surface area contributed by atoms with Crippen LogP contribution < -0.4 is 14.4 Å². The summed E-state index contributed by atoms with van der Waals surface area (Å²) in [5, 5.41) is 17.2. The Morgan fingerprint density at radius 1 is 1.00 bits per heavy atom. The molecule has 6 heterocycles. The first-order valence-corrected chi connectivity index (χ1v) is 23.9. The predicted molar refractivity (Wildman–Crippen MR) is 254 cm³/mol. The number of nitro groups is 1. The molecular weight excluding hydrogens is 878 g/mol. The molecule has 7 aromatic rings. The summed E-state index contributed by atoms with van der Waals surface area (Å²) in [6.07, 6.45) is 9.09. The van der Waals surface area contributed by atoms with Gasteiger partial charge in [0.2, 0.25) is 0 Å². The number of ether oxygens (including phenoxy) is 1. The van der Waals surface area contributed by atoms with Crippen LogP contribution in [0, 0.1) is 21.4 Å². The van der Waals surface area contributed by atoms with Crippen LogP contribution in [-0.2, 0) is 22.9 Å². The number of nitrogens with one attached hydrogen (secondary N) is 2. The van der Waals surface area contributed by atoms with E-state index in [0.29, 0.717) is 40.8 Å². The molecule has 0 saturated carbocycles. The molecular formula is C49H48ClN9O6S. The Hall–Kier alpha value is -6.62. The number of rotatable bonds is 11. The zero-order valence-electron chi connectivity index (χ0n) is 36.5. The first-order chi connectivity index (χ1) is 31.8. The molecule has 4 aromatic heterocycles. The van der Waals surface area contributed by atoms with Gasteiger partial charge >= 0.3 is 0 Å². The van der Waals surface area contributed by atoms with E-state index in [2.05, 4.69) is 55.6 Å². The fraction of sp³-hybridized carbons (Fsp3) is 0.306. The number of aromatic nitrogens is 5. The molecule has 2 N–H and O–H groups in total. The molecule has 2 aliphatic heterocycles. The van der Waals surface area contributed by atoms with Gasteiger partial charge in [-0.05, 0) is 103 Å². The van der Waals surface area contributed by atoms with Crippen molar-refractivity contribution in [2.75, 3.05) is 44.2 Å². The second kappa shape index (κ2) is 17.3. The van der Waals surface area contributed by atoms with Crippen LogP contribution in [0.3, 0.4) is 0 Å². The fourth-order valence-corrected chi connectivity index (χ4v) is 10.7. The zero-order chi connectivity index (χ0) is 45.7. The summed E-state index contributed by atoms with van der Waals surface area (Å²) in [5.74, 6) is -0.935. The number of nitrogens with zero attached hydrogens (tertiary/aromatic N) is 7. The van der Waals surface area contributed by atoms with Gasteiger partial charge in [0.1, 0.15) is 11.3 Å². The largest absolute Gasteiger partial charge is 0.493 e. The summed E-state index contributed by atoms with van der Waals surface area (Å²) < 4.78 is 38.0. The van der Waals surface area contributed by atoms with Crippen LogP contribution in [0.15, 0.2) is 114 Å². The Labute approximate surface area is 386 Å². The van der Waals surface area contributed by atoms with Gasteiger partial charge in [-0.2, -0.15) is 0 Å². The minimum Gasteiger partial charge on any atom is -0.493 e. The number of hydrogen-bond donors (Lipinski definition) is 2. The topological polar surface area (TPSA) is 181 Å². The fourth-order valence-electron chi connectivity index (χ4n) is 9.60. The first kappa shape index (κ1) is 43.3. The highest BCUT2D eigenvalue weighted by atomic mass is 35.5. The number of halogens is 1. The predicted octanol–water partition coefficient (Wildman–Crippen LogP) is 8.56. The third kappa shape index (κ3) is 8.75. The molecule has 66 heavy (non-hydrogen) atoms. The van der Waals surface area contributed by atoms with Gasteiger partial charge in [0.05, 0.1) is 38.8 Å². The van der Waals surface area contributed by atoms with Crippen LogP contribution in [0.25, 0.3) is 33.3 Å². The van der Waals surface area contributed by atoms with Gasteiger partial charge in [-0.25, -0.2) is 23.1 Å². The van der Waals surface area contributed by atoms with Crippen LogP contribution in [0.1, 0.15) is 60.3 Å². The van der Waals surface area contributed by atoms with Crippen molar-refractivity contribution in [2.24, 2.45) is 11.3 Å². The Kier molecular flexibility index (Phi) is 11.4. The number of hydrogen-bond acceptors (Lipinski definition) is 11. The van der Waals surface area contributed by atoms with Crippen molar-refractivity contribution < 1.29 is 22.9 Å². The number of piperazine rings is 1. The van der Waals surface area contributed by atoms with Gasteiger partial charge in [0.15, 0.2) is 5.65 Å². The zero-order valence-corrected chi connectivity index (χ0v) is 38.1. The van der Waals surface area contributed by atoms with Crippen LogP contribution in [0.4, 0.5) is 11.4 Å². The highest BCUT2D eigenvalue weighted by Crippen LogP contribution is 2.44. The molecule has 3 aliphatic rings. The van der Waals surface area contributed by atoms with Crippen molar-refractivity contribution in [3.8, 4) is 11.4 Å². The maximum Gasteiger partial charge on any atom is 0.277 e. The minimum atomic E-state index is -4.65. The number of nitro benzene ring substituents is 1. The standard InChI is InChI=1S/C49H48ClN9O6S/c1-49(2)14-12-34(41(27-49)32-6-8-35(50)9-7-32)29-56-17-19-57(20-18-56)37-10-11-39(43(24-37)58-45-23-33-13-16-52-47(33)54-42(45)28-53-58)48(60)55-66(63,64)38-25-44(59(61)62)40-22-31(30-65-46(40)26-38)21-36-5-3-4-15-51-36/h3-11,13,15-16,23-26,28,31,53H,12,14,17-22,27,29-30H2,1-2H3,(H,55,60)/t31-/m1/s1. The van der Waals surface area contributed by atoms with Crippen LogP contribution >= 0.6 is 11.6 Å². The lowest BCUT2D eigenvalue weighted by molar-refractivity contribution is -0.386. The molecule has 15 nitrogen and oxygen atoms in total. The van der Waals surface area contributed by atoms with Crippen LogP contribution in [0.5, 0.6) is 5.75 Å². The number of fused-ring (bicyclic) bond motifs is 3. The van der Waals surface area contributed by atoms with E-state index in [0.717, 1.165) is 79.8 Å². The maximum atomic E-state index is 14.3. The molecule has 0 spiro atoms. The molecule has 1 saturated heterocycles. The average molecular weight is 926 g/mol. The Bertz CT molecular complexity index is 3160. The molecule has 1 atom stereocenters. The normalized spacial score (nSPS) is 17.7. The monoisotopic (exact) mass is 925 g/mol. The van der Waals surface area contributed by atoms with Gasteiger partial charge in [0, 0.05) is 91.2 Å². The summed E-state index contributed by atoms with van der Waals surface area (Å²) in [6.45, 7) is 8.88. The number of carbonyl (C=O) groups is 1. The highest BCUT2D eigenvalue weighted by Gasteiger charge is 2.34. The molecule has 1 aliphatic carbocycles. The molecule has 0 bridgehead atoms. The molecule has 17 heteroatoms. The van der Waals surface area contributed by atoms with E-state index in [1.54, 1.807) is 29.3 Å². The lowest BCUT2D eigenvalue weighted by Gasteiger charge is -2.39. The maximum absolute atomic E-state index is 14.3. The van der Waals surface area contributed by atoms with Gasteiger partial charge < -0.3 is 9.64 Å².